The number of nitrogens with one attached hydrogen (secondary N) is 1. The minimum Gasteiger partial charge on any atom is -0.478 e. The molecule has 0 unspecified atom stereocenters. The molecule has 0 spiro atoms. The molecule has 0 aliphatic heterocycles. The number of hydrogen-bond acceptors (Lipinski definition) is 4. The molecule has 0 fully saturated rings. The summed E-state index contributed by atoms with van der Waals surface area (Å²) in [5.74, 6) is -1.18. The number of aromatic carboxylic acids is 1. The maximum Gasteiger partial charge on any atom is 0.338 e. The number of benzene rings is 1. The fourth-order valence-corrected chi connectivity index (χ4v) is 1.31. The van der Waals surface area contributed by atoms with Gasteiger partial charge in [0.25, 0.3) is 5.69 Å². The first-order valence-electron chi connectivity index (χ1n) is 4.82. The monoisotopic (exact) mass is 224 g/mol. The number of rotatable bonds is 5. The fourth-order valence-electron chi connectivity index (χ4n) is 1.31. The van der Waals surface area contributed by atoms with Gasteiger partial charge in [-0.1, -0.05) is 13.0 Å². The highest BCUT2D eigenvalue weighted by Gasteiger charge is 2.20. The van der Waals surface area contributed by atoms with Crippen LogP contribution in [0.25, 0.3) is 0 Å². The zero-order valence-corrected chi connectivity index (χ0v) is 8.77. The van der Waals surface area contributed by atoms with Crippen molar-refractivity contribution >= 4 is 17.3 Å². The number of carboxylic acids is 1. The van der Waals surface area contributed by atoms with Crippen LogP contribution in [0.5, 0.6) is 0 Å². The Kier molecular flexibility index (Phi) is 3.82. The van der Waals surface area contributed by atoms with E-state index in [1.54, 1.807) is 0 Å². The number of carbonyl (C=O) groups is 1. The van der Waals surface area contributed by atoms with E-state index in [0.717, 1.165) is 6.42 Å². The van der Waals surface area contributed by atoms with Gasteiger partial charge in [-0.15, -0.1) is 0 Å². The number of para-hydroxylation sites is 1. The lowest BCUT2D eigenvalue weighted by atomic mass is 10.1. The van der Waals surface area contributed by atoms with Gasteiger partial charge in [-0.3, -0.25) is 10.1 Å². The van der Waals surface area contributed by atoms with Crippen LogP contribution in [-0.2, 0) is 0 Å². The highest BCUT2D eigenvalue weighted by atomic mass is 16.6. The Morgan fingerprint density at radius 2 is 2.25 bits per heavy atom. The molecule has 0 saturated carbocycles. The predicted octanol–water partition coefficient (Wildman–Crippen LogP) is 2.11. The first-order valence-corrected chi connectivity index (χ1v) is 4.82. The molecule has 2 N–H and O–H groups in total. The van der Waals surface area contributed by atoms with Crippen molar-refractivity contribution < 1.29 is 14.8 Å². The van der Waals surface area contributed by atoms with Gasteiger partial charge < -0.3 is 10.4 Å². The molecule has 0 aliphatic rings. The van der Waals surface area contributed by atoms with Gasteiger partial charge in [0, 0.05) is 12.6 Å². The van der Waals surface area contributed by atoms with Crippen molar-refractivity contribution in [2.45, 2.75) is 13.3 Å². The highest BCUT2D eigenvalue weighted by Crippen LogP contribution is 2.28. The summed E-state index contributed by atoms with van der Waals surface area (Å²) in [7, 11) is 0. The highest BCUT2D eigenvalue weighted by molar-refractivity contribution is 5.96. The van der Waals surface area contributed by atoms with E-state index in [9.17, 15) is 14.9 Å². The largest absolute Gasteiger partial charge is 0.478 e. The second kappa shape index (κ2) is 5.11. The van der Waals surface area contributed by atoms with Crippen molar-refractivity contribution in [1.29, 1.82) is 0 Å². The SMILES string of the molecule is CCCNc1c(C(=O)O)cccc1[N+](=O)[O-]. The molecule has 0 amide bonds. The second-order valence-corrected chi connectivity index (χ2v) is 3.19. The number of nitro groups is 1. The summed E-state index contributed by atoms with van der Waals surface area (Å²) in [6.45, 7) is 2.38. The normalized spacial score (nSPS) is 9.81. The van der Waals surface area contributed by atoms with Crippen molar-refractivity contribution in [3.63, 3.8) is 0 Å². The van der Waals surface area contributed by atoms with Gasteiger partial charge in [-0.25, -0.2) is 4.79 Å². The molecular weight excluding hydrogens is 212 g/mol. The Balaban J connectivity index is 3.23. The number of hydrogen-bond donors (Lipinski definition) is 2. The lowest BCUT2D eigenvalue weighted by molar-refractivity contribution is -0.384. The minimum absolute atomic E-state index is 0.0712. The van der Waals surface area contributed by atoms with Crippen molar-refractivity contribution in [2.24, 2.45) is 0 Å². The van der Waals surface area contributed by atoms with E-state index in [0.29, 0.717) is 6.54 Å². The van der Waals surface area contributed by atoms with E-state index >= 15 is 0 Å². The molecule has 6 nitrogen and oxygen atoms in total. The minimum atomic E-state index is -1.18. The van der Waals surface area contributed by atoms with Gasteiger partial charge in [-0.05, 0) is 12.5 Å². The molecule has 86 valence electrons. The van der Waals surface area contributed by atoms with Gasteiger partial charge in [0.1, 0.15) is 5.69 Å². The molecule has 0 saturated heterocycles. The third kappa shape index (κ3) is 2.47. The number of carboxylic acid groups (broad SMARTS) is 1. The molecular formula is C10H12N2O4. The molecule has 1 aromatic rings. The summed E-state index contributed by atoms with van der Waals surface area (Å²) in [5.41, 5.74) is -0.224. The van der Waals surface area contributed by atoms with Gasteiger partial charge in [0.15, 0.2) is 0 Å². The lowest BCUT2D eigenvalue weighted by Crippen LogP contribution is -2.09. The van der Waals surface area contributed by atoms with E-state index < -0.39 is 10.9 Å². The van der Waals surface area contributed by atoms with E-state index in [-0.39, 0.29) is 16.9 Å². The van der Waals surface area contributed by atoms with Crippen molar-refractivity contribution in [1.82, 2.24) is 0 Å². The Bertz CT molecular complexity index is 385. The molecule has 16 heavy (non-hydrogen) atoms. The summed E-state index contributed by atoms with van der Waals surface area (Å²) in [5, 5.41) is 22.4. The number of nitrogens with zero attached hydrogens (tertiary/aromatic N) is 1. The van der Waals surface area contributed by atoms with E-state index in [4.69, 9.17) is 5.11 Å². The molecule has 0 heterocycles. The average Bonchev–Trinajstić information content (AvgIpc) is 2.25. The first-order chi connectivity index (χ1) is 7.57. The predicted molar refractivity (Wildman–Crippen MR) is 58.8 cm³/mol. The summed E-state index contributed by atoms with van der Waals surface area (Å²) >= 11 is 0. The van der Waals surface area contributed by atoms with Gasteiger partial charge >= 0.3 is 5.97 Å². The van der Waals surface area contributed by atoms with Crippen molar-refractivity contribution in [3.05, 3.63) is 33.9 Å². The smallest absolute Gasteiger partial charge is 0.338 e. The molecule has 6 heteroatoms. The van der Waals surface area contributed by atoms with Gasteiger partial charge in [0.05, 0.1) is 10.5 Å². The molecule has 0 aromatic heterocycles. The second-order valence-electron chi connectivity index (χ2n) is 3.19. The van der Waals surface area contributed by atoms with Crippen LogP contribution in [-0.4, -0.2) is 22.5 Å². The summed E-state index contributed by atoms with van der Waals surface area (Å²) in [4.78, 5) is 21.0. The molecule has 0 radical (unpaired) electrons. The topological polar surface area (TPSA) is 92.5 Å². The first kappa shape index (κ1) is 12.0. The van der Waals surface area contributed by atoms with E-state index in [2.05, 4.69) is 5.32 Å². The van der Waals surface area contributed by atoms with Crippen LogP contribution in [0.4, 0.5) is 11.4 Å². The number of nitro benzene ring substituents is 1. The standard InChI is InChI=1S/C10H12N2O4/c1-2-6-11-9-7(10(13)14)4-3-5-8(9)12(15)16/h3-5,11H,2,6H2,1H3,(H,13,14). The van der Waals surface area contributed by atoms with Crippen LogP contribution >= 0.6 is 0 Å². The van der Waals surface area contributed by atoms with Crippen LogP contribution in [0.1, 0.15) is 23.7 Å². The Hall–Kier alpha value is -2.11. The average molecular weight is 224 g/mol. The fraction of sp³-hybridized carbons (Fsp3) is 0.300. The molecule has 0 aliphatic carbocycles. The third-order valence-corrected chi connectivity index (χ3v) is 2.02. The maximum absolute atomic E-state index is 10.9. The van der Waals surface area contributed by atoms with E-state index in [1.165, 1.54) is 18.2 Å². The maximum atomic E-state index is 10.9. The molecule has 0 atom stereocenters. The van der Waals surface area contributed by atoms with E-state index in [1.807, 2.05) is 6.92 Å². The quantitative estimate of drug-likeness (QED) is 0.590. The summed E-state index contributed by atoms with van der Waals surface area (Å²) in [6, 6.07) is 3.98. The van der Waals surface area contributed by atoms with Crippen LogP contribution in [0.15, 0.2) is 18.2 Å². The summed E-state index contributed by atoms with van der Waals surface area (Å²) < 4.78 is 0. The molecule has 1 rings (SSSR count). The van der Waals surface area contributed by atoms with Crippen molar-refractivity contribution in [2.75, 3.05) is 11.9 Å². The van der Waals surface area contributed by atoms with Crippen LogP contribution in [0.3, 0.4) is 0 Å². The Labute approximate surface area is 92.0 Å². The van der Waals surface area contributed by atoms with Gasteiger partial charge in [0.2, 0.25) is 0 Å². The Morgan fingerprint density at radius 3 is 2.75 bits per heavy atom. The zero-order valence-electron chi connectivity index (χ0n) is 8.77. The van der Waals surface area contributed by atoms with Crippen LogP contribution < -0.4 is 5.32 Å². The van der Waals surface area contributed by atoms with Crippen LogP contribution in [0.2, 0.25) is 0 Å². The third-order valence-electron chi connectivity index (χ3n) is 2.02. The molecule has 1 aromatic carbocycles. The zero-order chi connectivity index (χ0) is 12.1. The van der Waals surface area contributed by atoms with Gasteiger partial charge in [-0.2, -0.15) is 0 Å². The Morgan fingerprint density at radius 1 is 1.56 bits per heavy atom. The van der Waals surface area contributed by atoms with Crippen LogP contribution in [0, 0.1) is 10.1 Å². The molecule has 0 bridgehead atoms. The number of anilines is 1. The summed E-state index contributed by atoms with van der Waals surface area (Å²) in [6.07, 6.45) is 0.755. The lowest BCUT2D eigenvalue weighted by Gasteiger charge is -2.08. The van der Waals surface area contributed by atoms with Crippen molar-refractivity contribution in [3.8, 4) is 0 Å².